The van der Waals surface area contributed by atoms with E-state index < -0.39 is 0 Å². The van der Waals surface area contributed by atoms with Gasteiger partial charge in [0, 0.05) is 18.6 Å². The van der Waals surface area contributed by atoms with Gasteiger partial charge in [0.05, 0.1) is 11.8 Å². The molecule has 1 aromatic heterocycles. The number of nitriles is 1. The molecule has 1 aromatic rings. The predicted octanol–water partition coefficient (Wildman–Crippen LogP) is 2.06. The first-order valence-corrected chi connectivity index (χ1v) is 4.94. The van der Waals surface area contributed by atoms with Crippen LogP contribution in [-0.2, 0) is 5.41 Å². The van der Waals surface area contributed by atoms with Gasteiger partial charge in [-0.05, 0) is 25.2 Å². The SMILES string of the molecule is CC1CCC(C#N)(c2cnccn2)C1. The minimum Gasteiger partial charge on any atom is -0.261 e. The van der Waals surface area contributed by atoms with Crippen molar-refractivity contribution >= 4 is 0 Å². The lowest BCUT2D eigenvalue weighted by atomic mass is 9.84. The second-order valence-corrected chi connectivity index (χ2v) is 4.13. The molecule has 1 heterocycles. The fourth-order valence-corrected chi connectivity index (χ4v) is 2.23. The average Bonchev–Trinajstić information content (AvgIpc) is 2.63. The molecule has 0 aliphatic heterocycles. The summed E-state index contributed by atoms with van der Waals surface area (Å²) in [6.45, 7) is 2.19. The van der Waals surface area contributed by atoms with Gasteiger partial charge in [-0.2, -0.15) is 5.26 Å². The zero-order valence-corrected chi connectivity index (χ0v) is 8.27. The summed E-state index contributed by atoms with van der Waals surface area (Å²) >= 11 is 0. The van der Waals surface area contributed by atoms with E-state index in [0.717, 1.165) is 25.0 Å². The number of nitrogens with zero attached hydrogens (tertiary/aromatic N) is 3. The van der Waals surface area contributed by atoms with Crippen LogP contribution in [0.3, 0.4) is 0 Å². The largest absolute Gasteiger partial charge is 0.261 e. The molecule has 3 heteroatoms. The van der Waals surface area contributed by atoms with Gasteiger partial charge in [-0.1, -0.05) is 6.92 Å². The molecule has 1 fully saturated rings. The number of aromatic nitrogens is 2. The van der Waals surface area contributed by atoms with Crippen molar-refractivity contribution in [2.24, 2.45) is 5.92 Å². The van der Waals surface area contributed by atoms with Gasteiger partial charge >= 0.3 is 0 Å². The monoisotopic (exact) mass is 187 g/mol. The van der Waals surface area contributed by atoms with E-state index in [1.165, 1.54) is 0 Å². The van der Waals surface area contributed by atoms with Crippen molar-refractivity contribution in [3.05, 3.63) is 24.3 Å². The van der Waals surface area contributed by atoms with Gasteiger partial charge in [-0.25, -0.2) is 0 Å². The summed E-state index contributed by atoms with van der Waals surface area (Å²) in [5.41, 5.74) is 0.472. The van der Waals surface area contributed by atoms with Crippen molar-refractivity contribution in [2.45, 2.75) is 31.6 Å². The number of rotatable bonds is 1. The van der Waals surface area contributed by atoms with E-state index in [-0.39, 0.29) is 5.41 Å². The fraction of sp³-hybridized carbons (Fsp3) is 0.545. The summed E-state index contributed by atoms with van der Waals surface area (Å²) in [5, 5.41) is 9.27. The maximum Gasteiger partial charge on any atom is 0.101 e. The molecule has 0 bridgehead atoms. The highest BCUT2D eigenvalue weighted by molar-refractivity contribution is 5.26. The van der Waals surface area contributed by atoms with Crippen molar-refractivity contribution in [1.82, 2.24) is 9.97 Å². The standard InChI is InChI=1S/C11H13N3/c1-9-2-3-11(6-9,8-12)10-7-13-4-5-14-10/h4-5,7,9H,2-3,6H2,1H3. The molecular formula is C11H13N3. The first kappa shape index (κ1) is 9.14. The predicted molar refractivity (Wildman–Crippen MR) is 52.3 cm³/mol. The van der Waals surface area contributed by atoms with E-state index in [4.69, 9.17) is 0 Å². The Morgan fingerprint density at radius 2 is 2.43 bits per heavy atom. The maximum atomic E-state index is 9.27. The smallest absolute Gasteiger partial charge is 0.101 e. The summed E-state index contributed by atoms with van der Waals surface area (Å²) < 4.78 is 0. The number of hydrogen-bond acceptors (Lipinski definition) is 3. The first-order chi connectivity index (χ1) is 6.77. The van der Waals surface area contributed by atoms with Crippen LogP contribution in [0.1, 0.15) is 31.9 Å². The Labute approximate surface area is 83.8 Å². The van der Waals surface area contributed by atoms with Crippen LogP contribution in [0.15, 0.2) is 18.6 Å². The van der Waals surface area contributed by atoms with Crippen molar-refractivity contribution in [3.8, 4) is 6.07 Å². The van der Waals surface area contributed by atoms with Crippen LogP contribution in [0.2, 0.25) is 0 Å². The molecular weight excluding hydrogens is 174 g/mol. The summed E-state index contributed by atoms with van der Waals surface area (Å²) in [5.74, 6) is 0.622. The molecule has 14 heavy (non-hydrogen) atoms. The molecule has 1 saturated carbocycles. The van der Waals surface area contributed by atoms with Crippen molar-refractivity contribution < 1.29 is 0 Å². The van der Waals surface area contributed by atoms with Gasteiger partial charge in [-0.15, -0.1) is 0 Å². The van der Waals surface area contributed by atoms with Crippen molar-refractivity contribution in [1.29, 1.82) is 5.26 Å². The Morgan fingerprint density at radius 1 is 1.57 bits per heavy atom. The lowest BCUT2D eigenvalue weighted by Crippen LogP contribution is -2.21. The second kappa shape index (κ2) is 3.38. The molecule has 72 valence electrons. The Kier molecular flexibility index (Phi) is 2.20. The zero-order chi connectivity index (χ0) is 10.0. The Bertz CT molecular complexity index is 355. The van der Waals surface area contributed by atoms with Gasteiger partial charge in [0.15, 0.2) is 0 Å². The van der Waals surface area contributed by atoms with Gasteiger partial charge in [-0.3, -0.25) is 9.97 Å². The van der Waals surface area contributed by atoms with E-state index in [1.807, 2.05) is 0 Å². The van der Waals surface area contributed by atoms with Crippen molar-refractivity contribution in [3.63, 3.8) is 0 Å². The van der Waals surface area contributed by atoms with E-state index in [0.29, 0.717) is 5.92 Å². The third-order valence-corrected chi connectivity index (χ3v) is 3.03. The highest BCUT2D eigenvalue weighted by atomic mass is 14.8. The molecule has 0 N–H and O–H groups in total. The number of hydrogen-bond donors (Lipinski definition) is 0. The van der Waals surface area contributed by atoms with Gasteiger partial charge in [0.25, 0.3) is 0 Å². The molecule has 0 saturated heterocycles. The van der Waals surface area contributed by atoms with Crippen molar-refractivity contribution in [2.75, 3.05) is 0 Å². The first-order valence-electron chi connectivity index (χ1n) is 4.94. The van der Waals surface area contributed by atoms with Crippen LogP contribution in [-0.4, -0.2) is 9.97 Å². The minimum absolute atomic E-state index is 0.367. The van der Waals surface area contributed by atoms with E-state index in [1.54, 1.807) is 18.6 Å². The zero-order valence-electron chi connectivity index (χ0n) is 8.27. The summed E-state index contributed by atoms with van der Waals surface area (Å²) in [7, 11) is 0. The second-order valence-electron chi connectivity index (χ2n) is 4.13. The minimum atomic E-state index is -0.367. The molecule has 0 amide bonds. The summed E-state index contributed by atoms with van der Waals surface area (Å²) in [6.07, 6.45) is 7.99. The highest BCUT2D eigenvalue weighted by Gasteiger charge is 2.40. The Balaban J connectivity index is 2.36. The van der Waals surface area contributed by atoms with Gasteiger partial charge in [0.1, 0.15) is 5.41 Å². The molecule has 2 unspecified atom stereocenters. The molecule has 0 aromatic carbocycles. The van der Waals surface area contributed by atoms with Gasteiger partial charge < -0.3 is 0 Å². The van der Waals surface area contributed by atoms with E-state index in [9.17, 15) is 5.26 Å². The van der Waals surface area contributed by atoms with Crippen LogP contribution in [0.5, 0.6) is 0 Å². The quantitative estimate of drug-likeness (QED) is 0.676. The molecule has 2 rings (SSSR count). The third-order valence-electron chi connectivity index (χ3n) is 3.03. The van der Waals surface area contributed by atoms with Crippen LogP contribution < -0.4 is 0 Å². The lowest BCUT2D eigenvalue weighted by molar-refractivity contribution is 0.516. The maximum absolute atomic E-state index is 9.27. The topological polar surface area (TPSA) is 49.6 Å². The fourth-order valence-electron chi connectivity index (χ4n) is 2.23. The molecule has 0 spiro atoms. The third kappa shape index (κ3) is 1.37. The van der Waals surface area contributed by atoms with E-state index in [2.05, 4.69) is 23.0 Å². The Morgan fingerprint density at radius 3 is 2.93 bits per heavy atom. The Hall–Kier alpha value is -1.43. The molecule has 1 aliphatic carbocycles. The summed E-state index contributed by atoms with van der Waals surface area (Å²) in [6, 6.07) is 2.42. The molecule has 0 radical (unpaired) electrons. The normalized spacial score (nSPS) is 31.3. The highest BCUT2D eigenvalue weighted by Crippen LogP contribution is 2.42. The molecule has 1 aliphatic rings. The molecule has 3 nitrogen and oxygen atoms in total. The van der Waals surface area contributed by atoms with Crippen LogP contribution in [0, 0.1) is 17.2 Å². The molecule has 2 atom stereocenters. The van der Waals surface area contributed by atoms with Crippen LogP contribution >= 0.6 is 0 Å². The lowest BCUT2D eigenvalue weighted by Gasteiger charge is -2.18. The van der Waals surface area contributed by atoms with Gasteiger partial charge in [0.2, 0.25) is 0 Å². The summed E-state index contributed by atoms with van der Waals surface area (Å²) in [4.78, 5) is 8.29. The van der Waals surface area contributed by atoms with E-state index >= 15 is 0 Å². The average molecular weight is 187 g/mol. The van der Waals surface area contributed by atoms with Crippen LogP contribution in [0.4, 0.5) is 0 Å². The van der Waals surface area contributed by atoms with Crippen LogP contribution in [0.25, 0.3) is 0 Å².